The second kappa shape index (κ2) is 8.53. The van der Waals surface area contributed by atoms with E-state index in [2.05, 4.69) is 44.3 Å². The van der Waals surface area contributed by atoms with E-state index in [0.29, 0.717) is 12.0 Å². The number of aryl methyl sites for hydroxylation is 1. The third-order valence-corrected chi connectivity index (χ3v) is 4.01. The van der Waals surface area contributed by atoms with Crippen molar-refractivity contribution in [3.8, 4) is 5.75 Å². The summed E-state index contributed by atoms with van der Waals surface area (Å²) in [7, 11) is 0. The number of halogens is 1. The van der Waals surface area contributed by atoms with E-state index in [1.165, 1.54) is 36.9 Å². The van der Waals surface area contributed by atoms with Gasteiger partial charge in [0.05, 0.1) is 6.61 Å². The van der Waals surface area contributed by atoms with Gasteiger partial charge in [-0.3, -0.25) is 0 Å². The van der Waals surface area contributed by atoms with Crippen LogP contribution in [0.4, 0.5) is 0 Å². The van der Waals surface area contributed by atoms with Crippen LogP contribution >= 0.6 is 12.4 Å². The van der Waals surface area contributed by atoms with Crippen LogP contribution in [-0.2, 0) is 0 Å². The predicted octanol–water partition coefficient (Wildman–Crippen LogP) is 4.45. The molecule has 20 heavy (non-hydrogen) atoms. The average molecular weight is 298 g/mol. The molecule has 114 valence electrons. The molecule has 1 unspecified atom stereocenters. The molecule has 1 N–H and O–H groups in total. The summed E-state index contributed by atoms with van der Waals surface area (Å²) in [5, 5.41) is 3.56. The van der Waals surface area contributed by atoms with Crippen molar-refractivity contribution in [3.63, 3.8) is 0 Å². The maximum atomic E-state index is 5.88. The molecule has 3 heteroatoms. The molecule has 1 aromatic carbocycles. The SMILES string of the molecule is Cc1cc(OCCC2CCCCN2)ccc1C(C)C.Cl. The summed E-state index contributed by atoms with van der Waals surface area (Å²) < 4.78 is 5.88. The second-order valence-corrected chi connectivity index (χ2v) is 5.96. The molecule has 1 aromatic rings. The van der Waals surface area contributed by atoms with Crippen molar-refractivity contribution in [2.45, 2.75) is 58.4 Å². The maximum Gasteiger partial charge on any atom is 0.119 e. The summed E-state index contributed by atoms with van der Waals surface area (Å²) >= 11 is 0. The van der Waals surface area contributed by atoms with Crippen LogP contribution in [0.5, 0.6) is 5.75 Å². The molecule has 0 spiro atoms. The molecular formula is C17H28ClNO. The van der Waals surface area contributed by atoms with Gasteiger partial charge in [-0.15, -0.1) is 12.4 Å². The van der Waals surface area contributed by atoms with Crippen molar-refractivity contribution in [1.29, 1.82) is 0 Å². The van der Waals surface area contributed by atoms with Crippen LogP contribution in [0.25, 0.3) is 0 Å². The van der Waals surface area contributed by atoms with Crippen molar-refractivity contribution >= 4 is 12.4 Å². The van der Waals surface area contributed by atoms with E-state index in [4.69, 9.17) is 4.74 Å². The van der Waals surface area contributed by atoms with Crippen LogP contribution in [-0.4, -0.2) is 19.2 Å². The smallest absolute Gasteiger partial charge is 0.119 e. The van der Waals surface area contributed by atoms with Gasteiger partial charge in [0, 0.05) is 6.04 Å². The van der Waals surface area contributed by atoms with Crippen molar-refractivity contribution < 1.29 is 4.74 Å². The second-order valence-electron chi connectivity index (χ2n) is 5.96. The van der Waals surface area contributed by atoms with Gasteiger partial charge >= 0.3 is 0 Å². The highest BCUT2D eigenvalue weighted by molar-refractivity contribution is 5.85. The summed E-state index contributed by atoms with van der Waals surface area (Å²) in [6, 6.07) is 7.14. The van der Waals surface area contributed by atoms with Crippen molar-refractivity contribution in [3.05, 3.63) is 29.3 Å². The van der Waals surface area contributed by atoms with Crippen LogP contribution in [0.15, 0.2) is 18.2 Å². The maximum absolute atomic E-state index is 5.88. The molecule has 1 fully saturated rings. The Morgan fingerprint density at radius 2 is 2.10 bits per heavy atom. The fourth-order valence-electron chi connectivity index (χ4n) is 2.88. The van der Waals surface area contributed by atoms with E-state index >= 15 is 0 Å². The van der Waals surface area contributed by atoms with Gasteiger partial charge in [0.1, 0.15) is 5.75 Å². The molecule has 1 saturated heterocycles. The van der Waals surface area contributed by atoms with Crippen molar-refractivity contribution in [2.24, 2.45) is 0 Å². The van der Waals surface area contributed by atoms with E-state index < -0.39 is 0 Å². The van der Waals surface area contributed by atoms with Gasteiger partial charge in [0.15, 0.2) is 0 Å². The van der Waals surface area contributed by atoms with Crippen LogP contribution in [0, 0.1) is 6.92 Å². The molecule has 1 atom stereocenters. The Morgan fingerprint density at radius 1 is 1.30 bits per heavy atom. The zero-order valence-corrected chi connectivity index (χ0v) is 13.8. The lowest BCUT2D eigenvalue weighted by Gasteiger charge is -2.23. The molecule has 0 saturated carbocycles. The first-order valence-electron chi connectivity index (χ1n) is 7.63. The summed E-state index contributed by atoms with van der Waals surface area (Å²) in [6.07, 6.45) is 5.10. The minimum atomic E-state index is 0. The first-order valence-corrected chi connectivity index (χ1v) is 7.63. The molecule has 0 aromatic heterocycles. The topological polar surface area (TPSA) is 21.3 Å². The Kier molecular flexibility index (Phi) is 7.39. The molecule has 0 radical (unpaired) electrons. The number of hydrogen-bond acceptors (Lipinski definition) is 2. The van der Waals surface area contributed by atoms with Crippen LogP contribution in [0.1, 0.15) is 56.6 Å². The fraction of sp³-hybridized carbons (Fsp3) is 0.647. The lowest BCUT2D eigenvalue weighted by molar-refractivity contribution is 0.268. The van der Waals surface area contributed by atoms with E-state index in [1.807, 2.05) is 0 Å². The zero-order valence-electron chi connectivity index (χ0n) is 12.9. The Bertz CT molecular complexity index is 400. The van der Waals surface area contributed by atoms with Gasteiger partial charge < -0.3 is 10.1 Å². The number of benzene rings is 1. The third-order valence-electron chi connectivity index (χ3n) is 4.01. The highest BCUT2D eigenvalue weighted by Gasteiger charge is 2.12. The highest BCUT2D eigenvalue weighted by atomic mass is 35.5. The Morgan fingerprint density at radius 3 is 2.70 bits per heavy atom. The standard InChI is InChI=1S/C17H27NO.ClH/c1-13(2)17-8-7-16(12-14(17)3)19-11-9-15-6-4-5-10-18-15;/h7-8,12-13,15,18H,4-6,9-11H2,1-3H3;1H. The molecule has 2 nitrogen and oxygen atoms in total. The number of hydrogen-bond donors (Lipinski definition) is 1. The molecule has 1 aliphatic heterocycles. The average Bonchev–Trinajstić information content (AvgIpc) is 2.39. The van der Waals surface area contributed by atoms with Crippen molar-refractivity contribution in [2.75, 3.05) is 13.2 Å². The van der Waals surface area contributed by atoms with Gasteiger partial charge in [-0.25, -0.2) is 0 Å². The normalized spacial score (nSPS) is 18.7. The zero-order chi connectivity index (χ0) is 13.7. The summed E-state index contributed by atoms with van der Waals surface area (Å²) in [5.74, 6) is 1.60. The Labute approximate surface area is 129 Å². The first-order chi connectivity index (χ1) is 9.16. The Hall–Kier alpha value is -0.730. The molecule has 1 aliphatic rings. The largest absolute Gasteiger partial charge is 0.494 e. The predicted molar refractivity (Wildman–Crippen MR) is 88.3 cm³/mol. The summed E-state index contributed by atoms with van der Waals surface area (Å²) in [6.45, 7) is 8.63. The van der Waals surface area contributed by atoms with E-state index in [0.717, 1.165) is 18.8 Å². The monoisotopic (exact) mass is 297 g/mol. The number of nitrogens with one attached hydrogen (secondary N) is 1. The molecule has 0 aliphatic carbocycles. The number of rotatable bonds is 5. The third kappa shape index (κ3) is 4.99. The fourth-order valence-corrected chi connectivity index (χ4v) is 2.88. The van der Waals surface area contributed by atoms with E-state index in [-0.39, 0.29) is 12.4 Å². The van der Waals surface area contributed by atoms with Gasteiger partial charge in [0.2, 0.25) is 0 Å². The molecule has 0 amide bonds. The van der Waals surface area contributed by atoms with E-state index in [1.54, 1.807) is 0 Å². The van der Waals surface area contributed by atoms with Crippen molar-refractivity contribution in [1.82, 2.24) is 5.32 Å². The summed E-state index contributed by atoms with van der Waals surface area (Å²) in [5.41, 5.74) is 2.75. The first kappa shape index (κ1) is 17.3. The van der Waals surface area contributed by atoms with E-state index in [9.17, 15) is 0 Å². The van der Waals surface area contributed by atoms with Gasteiger partial charge in [-0.1, -0.05) is 26.3 Å². The minimum absolute atomic E-state index is 0. The lowest BCUT2D eigenvalue weighted by atomic mass is 9.98. The molecule has 0 bridgehead atoms. The van der Waals surface area contributed by atoms with Gasteiger partial charge in [0.25, 0.3) is 0 Å². The summed E-state index contributed by atoms with van der Waals surface area (Å²) in [4.78, 5) is 0. The highest BCUT2D eigenvalue weighted by Crippen LogP contribution is 2.23. The van der Waals surface area contributed by atoms with Crippen LogP contribution in [0.2, 0.25) is 0 Å². The quantitative estimate of drug-likeness (QED) is 0.867. The number of piperidine rings is 1. The van der Waals surface area contributed by atoms with Gasteiger partial charge in [-0.2, -0.15) is 0 Å². The van der Waals surface area contributed by atoms with Crippen LogP contribution < -0.4 is 10.1 Å². The Balaban J connectivity index is 0.00000200. The van der Waals surface area contributed by atoms with Gasteiger partial charge in [-0.05, 0) is 61.9 Å². The number of ether oxygens (including phenoxy) is 1. The lowest BCUT2D eigenvalue weighted by Crippen LogP contribution is -2.35. The minimum Gasteiger partial charge on any atom is -0.494 e. The molecule has 2 rings (SSSR count). The molecule has 1 heterocycles. The molecular weight excluding hydrogens is 270 g/mol. The van der Waals surface area contributed by atoms with Crippen LogP contribution in [0.3, 0.4) is 0 Å².